The summed E-state index contributed by atoms with van der Waals surface area (Å²) in [6.07, 6.45) is 0. The standard InChI is InChI=1S/C8H11BrN2O2S2/c9-1-5-2-14-8-10-6-3-15(12,13)4-7(6)11(5)8/h5-7H,1-4H2/t5?,6-,7+/m1/s1. The Morgan fingerprint density at radius 2 is 2.33 bits per heavy atom. The molecule has 0 amide bonds. The molecule has 2 fully saturated rings. The minimum absolute atomic E-state index is 0.000602. The molecule has 4 nitrogen and oxygen atoms in total. The van der Waals surface area contributed by atoms with E-state index in [-0.39, 0.29) is 23.6 Å². The predicted molar refractivity (Wildman–Crippen MR) is 65.5 cm³/mol. The van der Waals surface area contributed by atoms with Gasteiger partial charge >= 0.3 is 0 Å². The first-order chi connectivity index (χ1) is 7.11. The number of amidine groups is 1. The first-order valence-electron chi connectivity index (χ1n) is 4.86. The Kier molecular flexibility index (Phi) is 2.34. The van der Waals surface area contributed by atoms with E-state index in [4.69, 9.17) is 0 Å². The van der Waals surface area contributed by atoms with Crippen molar-refractivity contribution in [2.24, 2.45) is 4.99 Å². The lowest BCUT2D eigenvalue weighted by molar-refractivity contribution is 0.310. The minimum Gasteiger partial charge on any atom is -0.341 e. The van der Waals surface area contributed by atoms with Gasteiger partial charge in [-0.3, -0.25) is 4.99 Å². The summed E-state index contributed by atoms with van der Waals surface area (Å²) < 4.78 is 23.0. The average molecular weight is 311 g/mol. The van der Waals surface area contributed by atoms with Gasteiger partial charge in [0.1, 0.15) is 0 Å². The second-order valence-electron chi connectivity index (χ2n) is 4.15. The van der Waals surface area contributed by atoms with Crippen molar-refractivity contribution in [3.63, 3.8) is 0 Å². The number of rotatable bonds is 1. The lowest BCUT2D eigenvalue weighted by Crippen LogP contribution is -2.43. The topological polar surface area (TPSA) is 49.7 Å². The van der Waals surface area contributed by atoms with Gasteiger partial charge in [-0.15, -0.1) is 0 Å². The maximum atomic E-state index is 11.5. The Balaban J connectivity index is 1.93. The van der Waals surface area contributed by atoms with Crippen LogP contribution in [0.2, 0.25) is 0 Å². The van der Waals surface area contributed by atoms with E-state index in [0.29, 0.717) is 6.04 Å². The van der Waals surface area contributed by atoms with Crippen LogP contribution in [0.25, 0.3) is 0 Å². The highest BCUT2D eigenvalue weighted by Crippen LogP contribution is 2.38. The predicted octanol–water partition coefficient (Wildman–Crippen LogP) is 0.334. The van der Waals surface area contributed by atoms with Crippen molar-refractivity contribution in [1.29, 1.82) is 0 Å². The Morgan fingerprint density at radius 1 is 1.53 bits per heavy atom. The van der Waals surface area contributed by atoms with Crippen LogP contribution in [0.3, 0.4) is 0 Å². The van der Waals surface area contributed by atoms with Gasteiger partial charge < -0.3 is 4.90 Å². The van der Waals surface area contributed by atoms with Crippen LogP contribution in [0.4, 0.5) is 0 Å². The van der Waals surface area contributed by atoms with E-state index in [9.17, 15) is 8.42 Å². The van der Waals surface area contributed by atoms with Gasteiger partial charge in [-0.1, -0.05) is 27.7 Å². The number of nitrogens with zero attached hydrogens (tertiary/aromatic N) is 2. The molecular weight excluding hydrogens is 300 g/mol. The maximum absolute atomic E-state index is 11.5. The molecule has 15 heavy (non-hydrogen) atoms. The molecule has 2 saturated heterocycles. The fourth-order valence-electron chi connectivity index (χ4n) is 2.46. The Morgan fingerprint density at radius 3 is 3.07 bits per heavy atom. The van der Waals surface area contributed by atoms with Gasteiger partial charge in [0.15, 0.2) is 15.0 Å². The number of fused-ring (bicyclic) bond motifs is 3. The van der Waals surface area contributed by atoms with Crippen molar-refractivity contribution in [3.8, 4) is 0 Å². The SMILES string of the molecule is O=S1(=O)C[C@H]2N=C3SCC(CBr)N3[C@H]2C1. The fourth-order valence-corrected chi connectivity index (χ4v) is 6.42. The summed E-state index contributed by atoms with van der Waals surface area (Å²) in [5.41, 5.74) is 0. The molecule has 0 N–H and O–H groups in total. The van der Waals surface area contributed by atoms with Crippen LogP contribution < -0.4 is 0 Å². The molecule has 3 heterocycles. The summed E-state index contributed by atoms with van der Waals surface area (Å²) >= 11 is 5.23. The van der Waals surface area contributed by atoms with E-state index in [2.05, 4.69) is 25.8 Å². The Labute approximate surface area is 102 Å². The van der Waals surface area contributed by atoms with Crippen LogP contribution in [0.5, 0.6) is 0 Å². The summed E-state index contributed by atoms with van der Waals surface area (Å²) in [7, 11) is -2.85. The Bertz CT molecular complexity index is 422. The van der Waals surface area contributed by atoms with Gasteiger partial charge in [0.05, 0.1) is 29.6 Å². The molecule has 0 aromatic rings. The van der Waals surface area contributed by atoms with Crippen LogP contribution in [0.15, 0.2) is 4.99 Å². The van der Waals surface area contributed by atoms with Gasteiger partial charge in [-0.05, 0) is 0 Å². The average Bonchev–Trinajstić information content (AvgIpc) is 2.73. The van der Waals surface area contributed by atoms with Gasteiger partial charge in [0.2, 0.25) is 0 Å². The monoisotopic (exact) mass is 310 g/mol. The van der Waals surface area contributed by atoms with E-state index >= 15 is 0 Å². The van der Waals surface area contributed by atoms with Crippen LogP contribution >= 0.6 is 27.7 Å². The number of thioether (sulfide) groups is 1. The molecule has 0 bridgehead atoms. The molecule has 3 aliphatic heterocycles. The Hall–Kier alpha value is 0.250. The first-order valence-corrected chi connectivity index (χ1v) is 8.79. The minimum atomic E-state index is -2.85. The van der Waals surface area contributed by atoms with E-state index in [1.807, 2.05) is 0 Å². The molecule has 0 aromatic heterocycles. The number of aliphatic imine (C=N–C) groups is 1. The largest absolute Gasteiger partial charge is 0.341 e. The van der Waals surface area contributed by atoms with Crippen molar-refractivity contribution in [1.82, 2.24) is 4.90 Å². The second kappa shape index (κ2) is 3.37. The van der Waals surface area contributed by atoms with E-state index < -0.39 is 9.84 Å². The van der Waals surface area contributed by atoms with Gasteiger partial charge in [-0.25, -0.2) is 8.42 Å². The lowest BCUT2D eigenvalue weighted by atomic mass is 10.1. The van der Waals surface area contributed by atoms with Crippen molar-refractivity contribution in [2.75, 3.05) is 22.6 Å². The molecule has 0 saturated carbocycles. The summed E-state index contributed by atoms with van der Waals surface area (Å²) in [5.74, 6) is 1.55. The van der Waals surface area contributed by atoms with Crippen molar-refractivity contribution in [3.05, 3.63) is 0 Å². The molecule has 3 aliphatic rings. The van der Waals surface area contributed by atoms with E-state index in [0.717, 1.165) is 16.3 Å². The summed E-state index contributed by atoms with van der Waals surface area (Å²) in [6, 6.07) is 0.527. The highest BCUT2D eigenvalue weighted by atomic mass is 79.9. The number of hydrogen-bond acceptors (Lipinski definition) is 5. The van der Waals surface area contributed by atoms with Crippen LogP contribution in [0, 0.1) is 0 Å². The highest BCUT2D eigenvalue weighted by Gasteiger charge is 2.50. The molecule has 0 aliphatic carbocycles. The number of sulfone groups is 1. The summed E-state index contributed by atoms with van der Waals surface area (Å²) in [4.78, 5) is 6.73. The van der Waals surface area contributed by atoms with E-state index in [1.165, 1.54) is 0 Å². The first kappa shape index (κ1) is 10.4. The molecule has 0 radical (unpaired) electrons. The van der Waals surface area contributed by atoms with Crippen molar-refractivity contribution < 1.29 is 8.42 Å². The zero-order valence-corrected chi connectivity index (χ0v) is 11.2. The molecule has 3 atom stereocenters. The quantitative estimate of drug-likeness (QED) is 0.655. The third kappa shape index (κ3) is 1.54. The van der Waals surface area contributed by atoms with Gasteiger partial charge in [0, 0.05) is 11.1 Å². The lowest BCUT2D eigenvalue weighted by Gasteiger charge is -2.26. The second-order valence-corrected chi connectivity index (χ2v) is 7.94. The highest BCUT2D eigenvalue weighted by molar-refractivity contribution is 9.09. The van der Waals surface area contributed by atoms with Crippen molar-refractivity contribution in [2.45, 2.75) is 18.1 Å². The number of halogens is 1. The molecule has 1 unspecified atom stereocenters. The zero-order chi connectivity index (χ0) is 10.6. The van der Waals surface area contributed by atoms with Crippen molar-refractivity contribution >= 4 is 42.7 Å². The molecule has 3 rings (SSSR count). The molecule has 7 heteroatoms. The zero-order valence-electron chi connectivity index (χ0n) is 7.97. The van der Waals surface area contributed by atoms with Crippen LogP contribution in [0.1, 0.15) is 0 Å². The third-order valence-corrected chi connectivity index (χ3v) is 6.70. The smallest absolute Gasteiger partial charge is 0.160 e. The third-order valence-electron chi connectivity index (χ3n) is 3.12. The van der Waals surface area contributed by atoms with Gasteiger partial charge in [0.25, 0.3) is 0 Å². The maximum Gasteiger partial charge on any atom is 0.160 e. The molecule has 84 valence electrons. The number of alkyl halides is 1. The fraction of sp³-hybridized carbons (Fsp3) is 0.875. The number of hydrogen-bond donors (Lipinski definition) is 0. The van der Waals surface area contributed by atoms with Crippen LogP contribution in [-0.4, -0.2) is 59.2 Å². The molecule has 0 aromatic carbocycles. The normalized spacial score (nSPS) is 41.5. The molecular formula is C8H11BrN2O2S2. The van der Waals surface area contributed by atoms with Gasteiger partial charge in [-0.2, -0.15) is 0 Å². The van der Waals surface area contributed by atoms with Crippen LogP contribution in [-0.2, 0) is 9.84 Å². The molecule has 0 spiro atoms. The summed E-state index contributed by atoms with van der Waals surface area (Å²) in [5, 5.41) is 1.95. The van der Waals surface area contributed by atoms with E-state index in [1.54, 1.807) is 11.8 Å². The summed E-state index contributed by atoms with van der Waals surface area (Å²) in [6.45, 7) is 0.